The molecule has 0 aromatic carbocycles. The normalized spacial score (nSPS) is 24.9. The first-order chi connectivity index (χ1) is 8.01. The minimum atomic E-state index is -1.92. The zero-order chi connectivity index (χ0) is 12.9. The van der Waals surface area contributed by atoms with Gasteiger partial charge in [-0.05, 0) is 25.1 Å². The largest absolute Gasteiger partial charge is 0.367 e. The van der Waals surface area contributed by atoms with Crippen LogP contribution in [-0.4, -0.2) is 64.6 Å². The summed E-state index contributed by atoms with van der Waals surface area (Å²) in [5.74, 6) is 0. The van der Waals surface area contributed by atoms with Crippen molar-refractivity contribution in [2.24, 2.45) is 0 Å². The quantitative estimate of drug-likeness (QED) is 0.709. The summed E-state index contributed by atoms with van der Waals surface area (Å²) in [5, 5.41) is 1.95. The van der Waals surface area contributed by atoms with Gasteiger partial charge in [0.25, 0.3) is 0 Å². The van der Waals surface area contributed by atoms with Crippen molar-refractivity contribution in [1.82, 2.24) is 9.21 Å². The lowest BCUT2D eigenvalue weighted by Gasteiger charge is -2.26. The van der Waals surface area contributed by atoms with Gasteiger partial charge in [-0.3, -0.25) is 9.11 Å². The first kappa shape index (κ1) is 15.0. The molecule has 0 aliphatic carbocycles. The van der Waals surface area contributed by atoms with Gasteiger partial charge in [-0.1, -0.05) is 6.92 Å². The second kappa shape index (κ2) is 6.73. The third kappa shape index (κ3) is 4.25. The van der Waals surface area contributed by atoms with Crippen LogP contribution in [-0.2, 0) is 14.4 Å². The third-order valence-electron chi connectivity index (χ3n) is 3.33. The van der Waals surface area contributed by atoms with Crippen LogP contribution in [0.2, 0.25) is 0 Å². The molecule has 1 aliphatic heterocycles. The van der Waals surface area contributed by atoms with E-state index in [1.807, 2.05) is 18.5 Å². The molecule has 4 nitrogen and oxygen atoms in total. The van der Waals surface area contributed by atoms with Crippen molar-refractivity contribution in [3.05, 3.63) is 0 Å². The standard InChI is InChI=1S/C12H26N2O2S/c1-5-11-17(4,15)14-8-6-7-13(9-10-14)12(2)16-3/h11-12H,5-10H2,1-4H3. The second-order valence-electron chi connectivity index (χ2n) is 4.59. The van der Waals surface area contributed by atoms with E-state index in [2.05, 4.69) is 16.1 Å². The Labute approximate surface area is 106 Å². The zero-order valence-corrected chi connectivity index (χ0v) is 12.3. The van der Waals surface area contributed by atoms with Crippen LogP contribution in [0.4, 0.5) is 0 Å². The predicted molar refractivity (Wildman–Crippen MR) is 74.7 cm³/mol. The number of nitrogens with zero attached hydrogens (tertiary/aromatic N) is 2. The second-order valence-corrected chi connectivity index (χ2v) is 7.16. The maximum atomic E-state index is 12.5. The average molecular weight is 262 g/mol. The summed E-state index contributed by atoms with van der Waals surface area (Å²) in [6, 6.07) is 0. The fourth-order valence-corrected chi connectivity index (χ4v) is 3.97. The molecule has 0 bridgehead atoms. The molecule has 0 aromatic rings. The van der Waals surface area contributed by atoms with E-state index in [1.54, 1.807) is 7.11 Å². The van der Waals surface area contributed by atoms with Gasteiger partial charge < -0.3 is 4.74 Å². The van der Waals surface area contributed by atoms with E-state index in [-0.39, 0.29) is 6.23 Å². The van der Waals surface area contributed by atoms with E-state index < -0.39 is 9.71 Å². The van der Waals surface area contributed by atoms with E-state index in [4.69, 9.17) is 4.74 Å². The van der Waals surface area contributed by atoms with E-state index in [0.717, 1.165) is 39.0 Å². The molecule has 0 N–H and O–H groups in total. The number of hydrogen-bond donors (Lipinski definition) is 0. The molecule has 1 aliphatic rings. The molecule has 5 heteroatoms. The highest BCUT2D eigenvalue weighted by atomic mass is 32.2. The molecule has 1 saturated heterocycles. The lowest BCUT2D eigenvalue weighted by atomic mass is 10.4. The van der Waals surface area contributed by atoms with Gasteiger partial charge in [0.15, 0.2) is 0 Å². The maximum absolute atomic E-state index is 12.5. The molecule has 2 unspecified atom stereocenters. The van der Waals surface area contributed by atoms with Gasteiger partial charge in [0.05, 0.1) is 0 Å². The van der Waals surface area contributed by atoms with Gasteiger partial charge >= 0.3 is 0 Å². The predicted octanol–water partition coefficient (Wildman–Crippen LogP) is 1.03. The van der Waals surface area contributed by atoms with Crippen LogP contribution in [0.1, 0.15) is 26.7 Å². The van der Waals surface area contributed by atoms with Crippen LogP contribution in [0.15, 0.2) is 0 Å². The zero-order valence-electron chi connectivity index (χ0n) is 11.5. The molecule has 2 atom stereocenters. The number of hydrogen-bond acceptors (Lipinski definition) is 3. The minimum absolute atomic E-state index is 0.151. The SMILES string of the molecule is CCC=S(C)(=O)N1CCCN(C(C)OC)CC1. The summed E-state index contributed by atoms with van der Waals surface area (Å²) in [5.41, 5.74) is 0. The number of rotatable bonds is 4. The molecule has 0 saturated carbocycles. The molecule has 1 fully saturated rings. The Hall–Kier alpha value is -0.100. The Balaban J connectivity index is 2.65. The summed E-state index contributed by atoms with van der Waals surface area (Å²) in [6.45, 7) is 7.83. The highest BCUT2D eigenvalue weighted by Crippen LogP contribution is 2.10. The van der Waals surface area contributed by atoms with Crippen LogP contribution < -0.4 is 0 Å². The first-order valence-corrected chi connectivity index (χ1v) is 8.34. The van der Waals surface area contributed by atoms with Crippen LogP contribution in [0.25, 0.3) is 0 Å². The Bertz CT molecular complexity index is 337. The Morgan fingerprint density at radius 1 is 1.35 bits per heavy atom. The molecule has 1 heterocycles. The topological polar surface area (TPSA) is 32.8 Å². The van der Waals surface area contributed by atoms with Crippen LogP contribution >= 0.6 is 0 Å². The van der Waals surface area contributed by atoms with Crippen LogP contribution in [0.5, 0.6) is 0 Å². The smallest absolute Gasteiger partial charge is 0.107 e. The van der Waals surface area contributed by atoms with Crippen LogP contribution in [0.3, 0.4) is 0 Å². The Morgan fingerprint density at radius 3 is 2.65 bits per heavy atom. The Morgan fingerprint density at radius 2 is 2.06 bits per heavy atom. The lowest BCUT2D eigenvalue weighted by molar-refractivity contribution is -0.0156. The van der Waals surface area contributed by atoms with Crippen molar-refractivity contribution in [1.29, 1.82) is 0 Å². The van der Waals surface area contributed by atoms with E-state index in [0.29, 0.717) is 0 Å². The molecule has 0 amide bonds. The summed E-state index contributed by atoms with van der Waals surface area (Å²) >= 11 is 0. The monoisotopic (exact) mass is 262 g/mol. The minimum Gasteiger partial charge on any atom is -0.367 e. The van der Waals surface area contributed by atoms with Crippen molar-refractivity contribution in [2.45, 2.75) is 32.9 Å². The summed E-state index contributed by atoms with van der Waals surface area (Å²) in [4.78, 5) is 2.31. The molecular formula is C12H26N2O2S. The summed E-state index contributed by atoms with van der Waals surface area (Å²) < 4.78 is 19.9. The van der Waals surface area contributed by atoms with E-state index >= 15 is 0 Å². The maximum Gasteiger partial charge on any atom is 0.107 e. The van der Waals surface area contributed by atoms with Gasteiger partial charge in [-0.15, -0.1) is 0 Å². The highest BCUT2D eigenvalue weighted by molar-refractivity contribution is 7.98. The highest BCUT2D eigenvalue weighted by Gasteiger charge is 2.21. The Kier molecular flexibility index (Phi) is 5.92. The number of methoxy groups -OCH3 is 1. The molecule has 0 aromatic heterocycles. The molecule has 0 spiro atoms. The van der Waals surface area contributed by atoms with Crippen molar-refractivity contribution >= 4 is 15.1 Å². The fourth-order valence-electron chi connectivity index (χ4n) is 2.20. The molecule has 102 valence electrons. The van der Waals surface area contributed by atoms with Crippen molar-refractivity contribution in [3.63, 3.8) is 0 Å². The first-order valence-electron chi connectivity index (χ1n) is 6.35. The molecule has 1 rings (SSSR count). The van der Waals surface area contributed by atoms with Crippen molar-refractivity contribution in [3.8, 4) is 0 Å². The van der Waals surface area contributed by atoms with E-state index in [9.17, 15) is 4.21 Å². The van der Waals surface area contributed by atoms with Gasteiger partial charge in [0.1, 0.15) is 6.23 Å². The summed E-state index contributed by atoms with van der Waals surface area (Å²) in [6.07, 6.45) is 3.92. The van der Waals surface area contributed by atoms with Gasteiger partial charge in [0.2, 0.25) is 0 Å². The van der Waals surface area contributed by atoms with Crippen LogP contribution in [0, 0.1) is 0 Å². The molecule has 0 radical (unpaired) electrons. The van der Waals surface area contributed by atoms with Gasteiger partial charge in [0, 0.05) is 49.3 Å². The lowest BCUT2D eigenvalue weighted by Crippen LogP contribution is -2.39. The fraction of sp³-hybridized carbons (Fsp3) is 0.917. The number of ether oxygens (including phenoxy) is 1. The third-order valence-corrected chi connectivity index (χ3v) is 5.68. The van der Waals surface area contributed by atoms with Gasteiger partial charge in [-0.25, -0.2) is 4.31 Å². The molecular weight excluding hydrogens is 236 g/mol. The summed E-state index contributed by atoms with van der Waals surface area (Å²) in [7, 11) is -0.184. The molecule has 17 heavy (non-hydrogen) atoms. The van der Waals surface area contributed by atoms with Crippen molar-refractivity contribution in [2.75, 3.05) is 39.5 Å². The average Bonchev–Trinajstić information content (AvgIpc) is 2.53. The van der Waals surface area contributed by atoms with E-state index in [1.165, 1.54) is 0 Å². The van der Waals surface area contributed by atoms with Gasteiger partial charge in [-0.2, -0.15) is 0 Å². The van der Waals surface area contributed by atoms with Crippen molar-refractivity contribution < 1.29 is 8.95 Å².